The molecule has 3 aromatic rings. The van der Waals surface area contributed by atoms with Gasteiger partial charge in [-0.3, -0.25) is 9.89 Å². The summed E-state index contributed by atoms with van der Waals surface area (Å²) in [6.45, 7) is 19.9. The number of nitrogens with one attached hydrogen (secondary N) is 1. The number of amidine groups is 1. The second kappa shape index (κ2) is 12.2. The number of aromatic nitrogens is 2. The molecule has 0 atom stereocenters. The predicted molar refractivity (Wildman–Crippen MR) is 183 cm³/mol. The maximum atomic E-state index is 12.1. The molecule has 3 fully saturated rings. The van der Waals surface area contributed by atoms with Crippen LogP contribution in [0.5, 0.6) is 5.75 Å². The summed E-state index contributed by atoms with van der Waals surface area (Å²) in [5.74, 6) is 1.50. The quantitative estimate of drug-likeness (QED) is 0.196. The van der Waals surface area contributed by atoms with Crippen LogP contribution >= 0.6 is 0 Å². The molecular formula is C36H45N7O2. The van der Waals surface area contributed by atoms with E-state index in [2.05, 4.69) is 65.8 Å². The predicted octanol–water partition coefficient (Wildman–Crippen LogP) is 5.60. The average Bonchev–Trinajstić information content (AvgIpc) is 3.52. The van der Waals surface area contributed by atoms with E-state index >= 15 is 0 Å². The number of piperidine rings is 2. The lowest BCUT2D eigenvalue weighted by atomic mass is 9.71. The van der Waals surface area contributed by atoms with E-state index < -0.39 is 0 Å². The molecule has 3 saturated heterocycles. The third-order valence-electron chi connectivity index (χ3n) is 10.2. The van der Waals surface area contributed by atoms with Crippen molar-refractivity contribution >= 4 is 40.1 Å². The summed E-state index contributed by atoms with van der Waals surface area (Å²) in [6.07, 6.45) is 9.07. The van der Waals surface area contributed by atoms with Crippen LogP contribution in [-0.2, 0) is 4.79 Å². The van der Waals surface area contributed by atoms with E-state index in [9.17, 15) is 4.79 Å². The molecular weight excluding hydrogens is 562 g/mol. The van der Waals surface area contributed by atoms with E-state index in [0.717, 1.165) is 109 Å². The Morgan fingerprint density at radius 3 is 2.49 bits per heavy atom. The average molecular weight is 608 g/mol. The highest BCUT2D eigenvalue weighted by Gasteiger charge is 2.46. The second-order valence-electron chi connectivity index (χ2n) is 13.0. The highest BCUT2D eigenvalue weighted by molar-refractivity contribution is 6.03. The summed E-state index contributed by atoms with van der Waals surface area (Å²) in [7, 11) is 3.85. The Kier molecular flexibility index (Phi) is 8.31. The molecule has 3 N–H and O–H groups in total. The Morgan fingerprint density at radius 2 is 1.84 bits per heavy atom. The highest BCUT2D eigenvalue weighted by atomic mass is 16.5. The van der Waals surface area contributed by atoms with Gasteiger partial charge in [-0.05, 0) is 87.6 Å². The Labute approximate surface area is 266 Å². The molecule has 4 heterocycles. The number of hydrogen-bond donors (Lipinski definition) is 2. The first-order valence-corrected chi connectivity index (χ1v) is 15.9. The van der Waals surface area contributed by atoms with Gasteiger partial charge in [0.15, 0.2) is 5.75 Å². The summed E-state index contributed by atoms with van der Waals surface area (Å²) in [6, 6.07) is 6.29. The zero-order valence-corrected chi connectivity index (χ0v) is 26.9. The topological polar surface area (TPSA) is 103 Å². The number of carbonyl (C=O) groups excluding carboxylic acids is 1. The number of aliphatic imine (C=N–C) groups is 1. The number of nitrogens with two attached hydrogens (primary N) is 1. The van der Waals surface area contributed by atoms with Crippen LogP contribution in [0.3, 0.4) is 0 Å². The van der Waals surface area contributed by atoms with Gasteiger partial charge in [-0.25, -0.2) is 4.99 Å². The Hall–Kier alpha value is -4.37. The van der Waals surface area contributed by atoms with Gasteiger partial charge in [0.2, 0.25) is 5.91 Å². The normalized spacial score (nSPS) is 19.0. The molecule has 1 spiro atoms. The van der Waals surface area contributed by atoms with Crippen LogP contribution in [-0.4, -0.2) is 90.1 Å². The molecule has 1 aromatic heterocycles. The van der Waals surface area contributed by atoms with Gasteiger partial charge in [0.25, 0.3) is 0 Å². The van der Waals surface area contributed by atoms with E-state index in [-0.39, 0.29) is 17.2 Å². The van der Waals surface area contributed by atoms with Gasteiger partial charge in [-0.2, -0.15) is 5.10 Å². The van der Waals surface area contributed by atoms with E-state index in [4.69, 9.17) is 15.5 Å². The van der Waals surface area contributed by atoms with Crippen LogP contribution < -0.4 is 10.5 Å². The lowest BCUT2D eigenvalue weighted by Gasteiger charge is -2.54. The van der Waals surface area contributed by atoms with Crippen molar-refractivity contribution in [2.24, 2.45) is 22.1 Å². The summed E-state index contributed by atoms with van der Waals surface area (Å²) in [5.41, 5.74) is 14.4. The number of likely N-dealkylation sites (tertiary alicyclic amines) is 3. The zero-order valence-electron chi connectivity index (χ0n) is 26.9. The number of nitrogens with zero attached hydrogens (tertiary/aromatic N) is 5. The standard InChI is InChI=1S/C36H45N7O2/c1-7-25-19-27(24(4)42-17-13-36(14-18-42)21-43(22-36)30(44)8-2)33(39-35(37)26-11-15-41(5)16-12-26)34(45-6)32(25)31-23(3)9-10-29-28(31)20-38-40-29/h7-10,19-20,26H,1-2,4,11-18,21-22H2,3,5-6H3,(H2,37,39)(H,38,40). The van der Waals surface area contributed by atoms with E-state index in [1.54, 1.807) is 7.11 Å². The van der Waals surface area contributed by atoms with Crippen molar-refractivity contribution in [3.63, 3.8) is 0 Å². The maximum Gasteiger partial charge on any atom is 0.245 e. The van der Waals surface area contributed by atoms with Crippen molar-refractivity contribution in [3.05, 3.63) is 66.9 Å². The summed E-state index contributed by atoms with van der Waals surface area (Å²) >= 11 is 0. The number of rotatable bonds is 8. The molecule has 9 nitrogen and oxygen atoms in total. The second-order valence-corrected chi connectivity index (χ2v) is 13.0. The SMILES string of the molecule is C=CC(=O)N1CC2(CCN(C(=C)c3cc(C=C)c(-c4c(C)ccc5[nH]ncc45)c(OC)c3N=C(N)C3CCN(C)CC3)CC2)C1. The monoisotopic (exact) mass is 607 g/mol. The molecule has 3 aliphatic heterocycles. The van der Waals surface area contributed by atoms with Crippen molar-refractivity contribution in [2.45, 2.75) is 32.6 Å². The minimum atomic E-state index is 0.0163. The zero-order chi connectivity index (χ0) is 31.9. The number of ether oxygens (including phenoxy) is 1. The fourth-order valence-electron chi connectivity index (χ4n) is 7.39. The van der Waals surface area contributed by atoms with E-state index in [1.165, 1.54) is 6.08 Å². The molecule has 1 amide bonds. The number of H-pyrrole nitrogens is 1. The lowest BCUT2D eigenvalue weighted by Crippen LogP contribution is -2.61. The van der Waals surface area contributed by atoms with Gasteiger partial charge in [0.1, 0.15) is 11.5 Å². The van der Waals surface area contributed by atoms with Gasteiger partial charge in [-0.15, -0.1) is 0 Å². The molecule has 0 radical (unpaired) electrons. The molecule has 6 rings (SSSR count). The molecule has 2 aromatic carbocycles. The number of methoxy groups -OCH3 is 1. The number of aromatic amines is 1. The Balaban J connectivity index is 1.43. The molecule has 0 aliphatic carbocycles. The van der Waals surface area contributed by atoms with Crippen LogP contribution in [0, 0.1) is 18.3 Å². The molecule has 45 heavy (non-hydrogen) atoms. The lowest BCUT2D eigenvalue weighted by molar-refractivity contribution is -0.140. The van der Waals surface area contributed by atoms with E-state index in [0.29, 0.717) is 17.3 Å². The van der Waals surface area contributed by atoms with Crippen LogP contribution in [0.2, 0.25) is 0 Å². The molecule has 0 saturated carbocycles. The Morgan fingerprint density at radius 1 is 1.13 bits per heavy atom. The van der Waals surface area contributed by atoms with Crippen LogP contribution in [0.4, 0.5) is 5.69 Å². The molecule has 236 valence electrons. The van der Waals surface area contributed by atoms with Gasteiger partial charge >= 0.3 is 0 Å². The molecule has 0 bridgehead atoms. The summed E-state index contributed by atoms with van der Waals surface area (Å²) in [4.78, 5) is 23.9. The maximum absolute atomic E-state index is 12.1. The molecule has 9 heteroatoms. The summed E-state index contributed by atoms with van der Waals surface area (Å²) in [5, 5.41) is 8.45. The minimum Gasteiger partial charge on any atom is -0.494 e. The number of aryl methyl sites for hydroxylation is 1. The van der Waals surface area contributed by atoms with Crippen LogP contribution in [0.15, 0.2) is 55.2 Å². The summed E-state index contributed by atoms with van der Waals surface area (Å²) < 4.78 is 6.29. The smallest absolute Gasteiger partial charge is 0.245 e. The van der Waals surface area contributed by atoms with E-state index in [1.807, 2.05) is 23.2 Å². The molecule has 0 unspecified atom stereocenters. The van der Waals surface area contributed by atoms with Crippen molar-refractivity contribution < 1.29 is 9.53 Å². The number of benzene rings is 2. The number of fused-ring (bicyclic) bond motifs is 1. The van der Waals surface area contributed by atoms with Crippen molar-refractivity contribution in [2.75, 3.05) is 53.4 Å². The van der Waals surface area contributed by atoms with Gasteiger partial charge < -0.3 is 25.2 Å². The third-order valence-corrected chi connectivity index (χ3v) is 10.2. The van der Waals surface area contributed by atoms with Gasteiger partial charge in [0, 0.05) is 59.7 Å². The number of carbonyl (C=O) groups is 1. The largest absolute Gasteiger partial charge is 0.494 e. The van der Waals surface area contributed by atoms with Gasteiger partial charge in [-0.1, -0.05) is 31.9 Å². The molecule has 3 aliphatic rings. The Bertz CT molecular complexity index is 1680. The van der Waals surface area contributed by atoms with Crippen LogP contribution in [0.25, 0.3) is 33.8 Å². The third kappa shape index (κ3) is 5.54. The van der Waals surface area contributed by atoms with Crippen molar-refractivity contribution in [1.29, 1.82) is 0 Å². The minimum absolute atomic E-state index is 0.0163. The van der Waals surface area contributed by atoms with Crippen LogP contribution in [0.1, 0.15) is 42.4 Å². The fraction of sp³-hybridized carbons (Fsp3) is 0.417. The fourth-order valence-corrected chi connectivity index (χ4v) is 7.39. The number of hydrogen-bond acceptors (Lipinski definition) is 6. The number of amides is 1. The highest BCUT2D eigenvalue weighted by Crippen LogP contribution is 2.50. The van der Waals surface area contributed by atoms with Crippen molar-refractivity contribution in [3.8, 4) is 16.9 Å². The first kappa shape index (κ1) is 30.6. The first-order valence-electron chi connectivity index (χ1n) is 15.9. The van der Waals surface area contributed by atoms with Gasteiger partial charge in [0.05, 0.1) is 18.8 Å². The van der Waals surface area contributed by atoms with Crippen molar-refractivity contribution in [1.82, 2.24) is 24.9 Å². The first-order chi connectivity index (χ1) is 21.7.